The molecule has 1 rings (SSSR count). The van der Waals surface area contributed by atoms with Gasteiger partial charge in [0.05, 0.1) is 7.11 Å². The van der Waals surface area contributed by atoms with Crippen LogP contribution >= 0.6 is 11.6 Å². The highest BCUT2D eigenvalue weighted by molar-refractivity contribution is 6.30. The Bertz CT molecular complexity index is 400. The van der Waals surface area contributed by atoms with Crippen molar-refractivity contribution >= 4 is 23.4 Å². The molecule has 1 aromatic heterocycles. The van der Waals surface area contributed by atoms with Crippen molar-refractivity contribution in [2.24, 2.45) is 0 Å². The number of esters is 1. The van der Waals surface area contributed by atoms with E-state index in [2.05, 4.69) is 14.7 Å². The molecule has 2 N–H and O–H groups in total. The summed E-state index contributed by atoms with van der Waals surface area (Å²) in [7, 11) is 1.10. The van der Waals surface area contributed by atoms with Gasteiger partial charge in [-0.25, -0.2) is 23.5 Å². The zero-order valence-corrected chi connectivity index (χ0v) is 8.26. The van der Waals surface area contributed by atoms with Gasteiger partial charge in [-0.3, -0.25) is 0 Å². The van der Waals surface area contributed by atoms with E-state index in [1.165, 1.54) is 0 Å². The maximum Gasteiger partial charge on any atom is 0.360 e. The quantitative estimate of drug-likeness (QED) is 0.788. The molecule has 1 heterocycles. The molecule has 82 valence electrons. The van der Waals surface area contributed by atoms with Gasteiger partial charge in [-0.1, -0.05) is 11.6 Å². The van der Waals surface area contributed by atoms with Gasteiger partial charge in [0.15, 0.2) is 16.7 Å². The van der Waals surface area contributed by atoms with Crippen molar-refractivity contribution in [3.63, 3.8) is 0 Å². The van der Waals surface area contributed by atoms with Crippen LogP contribution in [-0.2, 0) is 4.74 Å². The molecule has 0 aliphatic carbocycles. The van der Waals surface area contributed by atoms with Crippen LogP contribution in [0, 0.1) is 0 Å². The molecule has 0 aliphatic heterocycles. The third-order valence-electron chi connectivity index (χ3n) is 1.49. The lowest BCUT2D eigenvalue weighted by molar-refractivity contribution is 0.0594. The van der Waals surface area contributed by atoms with Crippen LogP contribution < -0.4 is 5.73 Å². The molecular formula is C7H6ClF2N3O2. The summed E-state index contributed by atoms with van der Waals surface area (Å²) in [6.45, 7) is 0. The van der Waals surface area contributed by atoms with E-state index in [1.54, 1.807) is 0 Å². The fourth-order valence-corrected chi connectivity index (χ4v) is 1.04. The summed E-state index contributed by atoms with van der Waals surface area (Å²) in [5.74, 6) is -1.33. The minimum absolute atomic E-state index is 0.382. The van der Waals surface area contributed by atoms with Crippen molar-refractivity contribution in [3.8, 4) is 0 Å². The average Bonchev–Trinajstić information content (AvgIpc) is 2.19. The molecule has 0 saturated heterocycles. The molecule has 0 amide bonds. The molecule has 0 fully saturated rings. The number of nitrogen functional groups attached to an aromatic ring is 1. The van der Waals surface area contributed by atoms with Crippen LogP contribution in [0.2, 0.25) is 5.15 Å². The van der Waals surface area contributed by atoms with Crippen LogP contribution in [0.4, 0.5) is 14.6 Å². The van der Waals surface area contributed by atoms with Gasteiger partial charge < -0.3 is 10.5 Å². The molecule has 5 nitrogen and oxygen atoms in total. The molecule has 0 aliphatic rings. The SMILES string of the molecule is COC(=O)c1nc(Cl)c(C(F)F)nc1N. The number of aromatic nitrogens is 2. The minimum atomic E-state index is -2.90. The summed E-state index contributed by atoms with van der Waals surface area (Å²) in [6, 6.07) is 0. The lowest BCUT2D eigenvalue weighted by atomic mass is 10.4. The first-order chi connectivity index (χ1) is 6.97. The highest BCUT2D eigenvalue weighted by atomic mass is 35.5. The molecule has 1 aromatic rings. The summed E-state index contributed by atoms with van der Waals surface area (Å²) >= 11 is 5.38. The molecule has 0 spiro atoms. The summed E-state index contributed by atoms with van der Waals surface area (Å²) in [5, 5.41) is -0.570. The Morgan fingerprint density at radius 1 is 1.53 bits per heavy atom. The van der Waals surface area contributed by atoms with Crippen molar-refractivity contribution in [2.75, 3.05) is 12.8 Å². The number of nitrogens with zero attached hydrogens (tertiary/aromatic N) is 2. The van der Waals surface area contributed by atoms with Gasteiger partial charge in [-0.2, -0.15) is 0 Å². The molecular weight excluding hydrogens is 232 g/mol. The van der Waals surface area contributed by atoms with Crippen LogP contribution in [0.15, 0.2) is 0 Å². The molecule has 0 radical (unpaired) electrons. The zero-order valence-electron chi connectivity index (χ0n) is 7.50. The lowest BCUT2D eigenvalue weighted by Gasteiger charge is -2.06. The van der Waals surface area contributed by atoms with Gasteiger partial charge >= 0.3 is 5.97 Å². The standard InChI is InChI=1S/C7H6ClF2N3O2/c1-15-7(14)3-6(11)13-2(5(9)10)4(8)12-3/h5H,1H3,(H2,11,13). The van der Waals surface area contributed by atoms with E-state index in [9.17, 15) is 13.6 Å². The van der Waals surface area contributed by atoms with Crippen molar-refractivity contribution < 1.29 is 18.3 Å². The highest BCUT2D eigenvalue weighted by Crippen LogP contribution is 2.25. The Balaban J connectivity index is 3.25. The average molecular weight is 238 g/mol. The Morgan fingerprint density at radius 3 is 2.60 bits per heavy atom. The monoisotopic (exact) mass is 237 g/mol. The number of anilines is 1. The van der Waals surface area contributed by atoms with Crippen molar-refractivity contribution in [1.82, 2.24) is 9.97 Å². The highest BCUT2D eigenvalue weighted by Gasteiger charge is 2.21. The van der Waals surface area contributed by atoms with Gasteiger partial charge in [0.25, 0.3) is 6.43 Å². The third-order valence-corrected chi connectivity index (χ3v) is 1.77. The van der Waals surface area contributed by atoms with E-state index in [0.717, 1.165) is 7.11 Å². The molecule has 0 aromatic carbocycles. The number of ether oxygens (including phenoxy) is 1. The van der Waals surface area contributed by atoms with Crippen LogP contribution in [-0.4, -0.2) is 23.0 Å². The Hall–Kier alpha value is -1.50. The van der Waals surface area contributed by atoms with E-state index in [1.807, 2.05) is 0 Å². The molecule has 0 bridgehead atoms. The topological polar surface area (TPSA) is 78.1 Å². The van der Waals surface area contributed by atoms with E-state index >= 15 is 0 Å². The Morgan fingerprint density at radius 2 is 2.13 bits per heavy atom. The fraction of sp³-hybridized carbons (Fsp3) is 0.286. The van der Waals surface area contributed by atoms with E-state index < -0.39 is 29.1 Å². The van der Waals surface area contributed by atoms with Crippen molar-refractivity contribution in [2.45, 2.75) is 6.43 Å². The number of halogens is 3. The Labute approximate surface area is 88.2 Å². The van der Waals surface area contributed by atoms with Crippen LogP contribution in [0.1, 0.15) is 22.6 Å². The first-order valence-electron chi connectivity index (χ1n) is 3.66. The maximum atomic E-state index is 12.3. The number of methoxy groups -OCH3 is 1. The second-order valence-corrected chi connectivity index (χ2v) is 2.78. The zero-order chi connectivity index (χ0) is 11.6. The second-order valence-electron chi connectivity index (χ2n) is 2.43. The first kappa shape index (κ1) is 11.6. The van der Waals surface area contributed by atoms with Gasteiger partial charge in [0, 0.05) is 0 Å². The lowest BCUT2D eigenvalue weighted by Crippen LogP contribution is -2.12. The summed E-state index contributed by atoms with van der Waals surface area (Å²) in [4.78, 5) is 17.7. The van der Waals surface area contributed by atoms with Gasteiger partial charge in [-0.15, -0.1) is 0 Å². The van der Waals surface area contributed by atoms with Gasteiger partial charge in [0.1, 0.15) is 5.69 Å². The fourth-order valence-electron chi connectivity index (χ4n) is 0.827. The van der Waals surface area contributed by atoms with Crippen LogP contribution in [0.3, 0.4) is 0 Å². The minimum Gasteiger partial charge on any atom is -0.464 e. The summed E-state index contributed by atoms with van der Waals surface area (Å²) in [5.41, 5.74) is 4.09. The number of hydrogen-bond donors (Lipinski definition) is 1. The van der Waals surface area contributed by atoms with Crippen LogP contribution in [0.25, 0.3) is 0 Å². The van der Waals surface area contributed by atoms with E-state index in [4.69, 9.17) is 17.3 Å². The summed E-state index contributed by atoms with van der Waals surface area (Å²) in [6.07, 6.45) is -2.90. The largest absolute Gasteiger partial charge is 0.464 e. The van der Waals surface area contributed by atoms with E-state index in [0.29, 0.717) is 0 Å². The number of rotatable bonds is 2. The predicted molar refractivity (Wildman–Crippen MR) is 47.8 cm³/mol. The molecule has 0 unspecified atom stereocenters. The maximum absolute atomic E-state index is 12.3. The second kappa shape index (κ2) is 4.35. The molecule has 0 atom stereocenters. The van der Waals surface area contributed by atoms with E-state index in [-0.39, 0.29) is 5.69 Å². The molecule has 0 saturated carbocycles. The predicted octanol–water partition coefficient (Wildman–Crippen LogP) is 1.44. The molecule has 8 heteroatoms. The Kier molecular flexibility index (Phi) is 3.35. The number of carbonyl (C=O) groups is 1. The van der Waals surface area contributed by atoms with Crippen molar-refractivity contribution in [1.29, 1.82) is 0 Å². The van der Waals surface area contributed by atoms with Gasteiger partial charge in [0.2, 0.25) is 0 Å². The number of carbonyl (C=O) groups excluding carboxylic acids is 1. The summed E-state index contributed by atoms with van der Waals surface area (Å²) < 4.78 is 28.8. The van der Waals surface area contributed by atoms with Gasteiger partial charge in [-0.05, 0) is 0 Å². The normalized spacial score (nSPS) is 10.5. The van der Waals surface area contributed by atoms with Crippen LogP contribution in [0.5, 0.6) is 0 Å². The number of hydrogen-bond acceptors (Lipinski definition) is 5. The number of nitrogens with two attached hydrogens (primary N) is 1. The first-order valence-corrected chi connectivity index (χ1v) is 4.04. The third kappa shape index (κ3) is 2.30. The molecule has 15 heavy (non-hydrogen) atoms. The number of alkyl halides is 2. The van der Waals surface area contributed by atoms with Crippen molar-refractivity contribution in [3.05, 3.63) is 16.5 Å². The smallest absolute Gasteiger partial charge is 0.360 e.